The quantitative estimate of drug-likeness (QED) is 0.800. The number of carbonyl (C=O) groups excluding carboxylic acids is 1. The molecule has 0 unspecified atom stereocenters. The number of amidine groups is 1. The molecule has 0 radical (unpaired) electrons. The molecule has 2 heterocycles. The zero-order valence-corrected chi connectivity index (χ0v) is 12.2. The van der Waals surface area contributed by atoms with Crippen molar-refractivity contribution in [2.75, 3.05) is 32.2 Å². The molecule has 0 saturated carbocycles. The van der Waals surface area contributed by atoms with E-state index in [1.54, 1.807) is 19.4 Å². The summed E-state index contributed by atoms with van der Waals surface area (Å²) in [6, 6.07) is 3.79. The SMILES string of the molecule is COCCN(C)c1ccc(C=C2SC(=N)NC2=O)cn1. The van der Waals surface area contributed by atoms with Gasteiger partial charge in [-0.15, -0.1) is 0 Å². The second kappa shape index (κ2) is 6.53. The minimum atomic E-state index is -0.235. The zero-order chi connectivity index (χ0) is 14.5. The number of nitrogens with zero attached hydrogens (tertiary/aromatic N) is 2. The van der Waals surface area contributed by atoms with Crippen LogP contribution in [0.1, 0.15) is 5.56 Å². The summed E-state index contributed by atoms with van der Waals surface area (Å²) in [7, 11) is 3.61. The Kier molecular flexibility index (Phi) is 4.75. The number of pyridine rings is 1. The van der Waals surface area contributed by atoms with Crippen molar-refractivity contribution >= 4 is 34.7 Å². The Morgan fingerprint density at radius 1 is 1.55 bits per heavy atom. The number of amides is 1. The highest BCUT2D eigenvalue weighted by Crippen LogP contribution is 2.25. The fourth-order valence-electron chi connectivity index (χ4n) is 1.64. The highest BCUT2D eigenvalue weighted by Gasteiger charge is 2.22. The number of ether oxygens (including phenoxy) is 1. The van der Waals surface area contributed by atoms with E-state index in [-0.39, 0.29) is 11.1 Å². The summed E-state index contributed by atoms with van der Waals surface area (Å²) >= 11 is 1.12. The molecule has 1 fully saturated rings. The first-order valence-electron chi connectivity index (χ1n) is 6.05. The molecule has 0 bridgehead atoms. The number of nitrogens with one attached hydrogen (secondary N) is 2. The van der Waals surface area contributed by atoms with Crippen molar-refractivity contribution in [2.45, 2.75) is 0 Å². The molecule has 1 aliphatic heterocycles. The van der Waals surface area contributed by atoms with Crippen LogP contribution in [0.5, 0.6) is 0 Å². The summed E-state index contributed by atoms with van der Waals surface area (Å²) in [5, 5.41) is 9.98. The van der Waals surface area contributed by atoms with E-state index in [0.717, 1.165) is 29.7 Å². The summed E-state index contributed by atoms with van der Waals surface area (Å²) in [4.78, 5) is 18.4. The highest BCUT2D eigenvalue weighted by atomic mass is 32.2. The molecule has 2 rings (SSSR count). The number of anilines is 1. The summed E-state index contributed by atoms with van der Waals surface area (Å²) in [6.07, 6.45) is 3.44. The van der Waals surface area contributed by atoms with Crippen molar-refractivity contribution in [3.05, 3.63) is 28.8 Å². The molecule has 1 amide bonds. The average molecular weight is 292 g/mol. The Morgan fingerprint density at radius 3 is 2.90 bits per heavy atom. The second-order valence-electron chi connectivity index (χ2n) is 4.26. The highest BCUT2D eigenvalue weighted by molar-refractivity contribution is 8.18. The zero-order valence-electron chi connectivity index (χ0n) is 11.3. The fraction of sp³-hybridized carbons (Fsp3) is 0.308. The molecule has 0 aromatic carbocycles. The topological polar surface area (TPSA) is 78.3 Å². The van der Waals surface area contributed by atoms with E-state index in [9.17, 15) is 4.79 Å². The molecule has 1 aliphatic rings. The fourth-order valence-corrected chi connectivity index (χ4v) is 2.35. The van der Waals surface area contributed by atoms with Crippen molar-refractivity contribution in [3.8, 4) is 0 Å². The van der Waals surface area contributed by atoms with Crippen LogP contribution in [0.3, 0.4) is 0 Å². The predicted molar refractivity (Wildman–Crippen MR) is 80.8 cm³/mol. The molecule has 2 N–H and O–H groups in total. The minimum Gasteiger partial charge on any atom is -0.383 e. The first-order valence-corrected chi connectivity index (χ1v) is 6.87. The molecular weight excluding hydrogens is 276 g/mol. The normalized spacial score (nSPS) is 16.6. The first-order chi connectivity index (χ1) is 9.60. The Bertz CT molecular complexity index is 542. The van der Waals surface area contributed by atoms with E-state index < -0.39 is 0 Å². The van der Waals surface area contributed by atoms with E-state index in [1.807, 2.05) is 24.1 Å². The van der Waals surface area contributed by atoms with Gasteiger partial charge >= 0.3 is 0 Å². The molecule has 7 heteroatoms. The molecule has 1 aromatic rings. The Balaban J connectivity index is 2.07. The summed E-state index contributed by atoms with van der Waals surface area (Å²) in [5.74, 6) is 0.613. The van der Waals surface area contributed by atoms with Gasteiger partial charge in [0.05, 0.1) is 11.5 Å². The third kappa shape index (κ3) is 3.58. The molecule has 106 valence electrons. The van der Waals surface area contributed by atoms with Crippen LogP contribution < -0.4 is 10.2 Å². The smallest absolute Gasteiger partial charge is 0.264 e. The van der Waals surface area contributed by atoms with E-state index in [2.05, 4.69) is 10.3 Å². The average Bonchev–Trinajstić information content (AvgIpc) is 2.75. The Morgan fingerprint density at radius 2 is 2.35 bits per heavy atom. The summed E-state index contributed by atoms with van der Waals surface area (Å²) in [6.45, 7) is 1.41. The minimum absolute atomic E-state index is 0.158. The molecule has 20 heavy (non-hydrogen) atoms. The van der Waals surface area contributed by atoms with Crippen LogP contribution in [0.25, 0.3) is 6.08 Å². The van der Waals surface area contributed by atoms with Gasteiger partial charge in [0.25, 0.3) is 5.91 Å². The van der Waals surface area contributed by atoms with Gasteiger partial charge in [0.2, 0.25) is 0 Å². The molecule has 0 spiro atoms. The molecule has 1 aromatic heterocycles. The van der Waals surface area contributed by atoms with Crippen molar-refractivity contribution in [1.82, 2.24) is 10.3 Å². The lowest BCUT2D eigenvalue weighted by Gasteiger charge is -2.17. The van der Waals surface area contributed by atoms with E-state index in [4.69, 9.17) is 10.1 Å². The lowest BCUT2D eigenvalue weighted by Crippen LogP contribution is -2.22. The van der Waals surface area contributed by atoms with Gasteiger partial charge in [0.15, 0.2) is 5.17 Å². The van der Waals surface area contributed by atoms with Gasteiger partial charge in [-0.2, -0.15) is 0 Å². The number of carbonyl (C=O) groups is 1. The van der Waals surface area contributed by atoms with E-state index in [0.29, 0.717) is 11.5 Å². The number of likely N-dealkylation sites (N-methyl/N-ethyl adjacent to an activating group) is 1. The van der Waals surface area contributed by atoms with Crippen molar-refractivity contribution in [1.29, 1.82) is 5.41 Å². The number of thioether (sulfide) groups is 1. The van der Waals surface area contributed by atoms with E-state index in [1.165, 1.54) is 0 Å². The molecular formula is C13H16N4O2S. The number of hydrogen-bond donors (Lipinski definition) is 2. The van der Waals surface area contributed by atoms with Crippen LogP contribution in [-0.2, 0) is 9.53 Å². The molecule has 6 nitrogen and oxygen atoms in total. The Labute approximate surface area is 121 Å². The van der Waals surface area contributed by atoms with Gasteiger partial charge in [-0.05, 0) is 35.5 Å². The lowest BCUT2D eigenvalue weighted by molar-refractivity contribution is -0.115. The molecule has 0 atom stereocenters. The van der Waals surface area contributed by atoms with Crippen LogP contribution in [0.4, 0.5) is 5.82 Å². The Hall–Kier alpha value is -1.86. The maximum atomic E-state index is 11.5. The van der Waals surface area contributed by atoms with Crippen LogP contribution in [0, 0.1) is 5.41 Å². The predicted octanol–water partition coefficient (Wildman–Crippen LogP) is 1.30. The van der Waals surface area contributed by atoms with Gasteiger partial charge in [-0.25, -0.2) is 4.98 Å². The van der Waals surface area contributed by atoms with Gasteiger partial charge < -0.3 is 15.0 Å². The second-order valence-corrected chi connectivity index (χ2v) is 5.31. The van der Waals surface area contributed by atoms with Gasteiger partial charge in [0, 0.05) is 26.9 Å². The van der Waals surface area contributed by atoms with Crippen LogP contribution >= 0.6 is 11.8 Å². The number of hydrogen-bond acceptors (Lipinski definition) is 6. The van der Waals surface area contributed by atoms with Gasteiger partial charge in [0.1, 0.15) is 5.82 Å². The van der Waals surface area contributed by atoms with Gasteiger partial charge in [-0.3, -0.25) is 10.2 Å². The van der Waals surface area contributed by atoms with Crippen LogP contribution in [-0.4, -0.2) is 43.4 Å². The van der Waals surface area contributed by atoms with Gasteiger partial charge in [-0.1, -0.05) is 0 Å². The summed E-state index contributed by atoms with van der Waals surface area (Å²) < 4.78 is 5.02. The molecule has 1 saturated heterocycles. The third-order valence-corrected chi connectivity index (χ3v) is 3.58. The number of rotatable bonds is 5. The first kappa shape index (κ1) is 14.5. The van der Waals surface area contributed by atoms with Crippen molar-refractivity contribution in [3.63, 3.8) is 0 Å². The third-order valence-electron chi connectivity index (χ3n) is 2.75. The van der Waals surface area contributed by atoms with Crippen LogP contribution in [0.15, 0.2) is 23.2 Å². The lowest BCUT2D eigenvalue weighted by atomic mass is 10.2. The standard InChI is InChI=1S/C13H16N4O2S/c1-17(5-6-19-2)11-4-3-9(8-15-11)7-10-12(18)16-13(14)20-10/h3-4,7-8H,5-6H2,1-2H3,(H2,14,16,18). The maximum Gasteiger partial charge on any atom is 0.264 e. The number of aromatic nitrogens is 1. The largest absolute Gasteiger partial charge is 0.383 e. The van der Waals surface area contributed by atoms with E-state index >= 15 is 0 Å². The monoisotopic (exact) mass is 292 g/mol. The number of methoxy groups -OCH3 is 1. The molecule has 0 aliphatic carbocycles. The maximum absolute atomic E-state index is 11.5. The van der Waals surface area contributed by atoms with Crippen molar-refractivity contribution < 1.29 is 9.53 Å². The van der Waals surface area contributed by atoms with Crippen molar-refractivity contribution in [2.24, 2.45) is 0 Å². The summed E-state index contributed by atoms with van der Waals surface area (Å²) in [5.41, 5.74) is 0.834. The van der Waals surface area contributed by atoms with Crippen LogP contribution in [0.2, 0.25) is 0 Å².